The zero-order valence-electron chi connectivity index (χ0n) is 8.22. The van der Waals surface area contributed by atoms with E-state index < -0.39 is 26.5 Å². The lowest BCUT2D eigenvalue weighted by molar-refractivity contribution is 0.318. The summed E-state index contributed by atoms with van der Waals surface area (Å²) in [6, 6.07) is -0.315. The zero-order valence-corrected chi connectivity index (χ0v) is 9.85. The molecule has 0 saturated carbocycles. The first kappa shape index (κ1) is 12.9. The van der Waals surface area contributed by atoms with E-state index in [0.29, 0.717) is 12.8 Å². The highest BCUT2D eigenvalue weighted by atomic mass is 32.2. The Hall–Kier alpha value is -0.180. The van der Waals surface area contributed by atoms with Gasteiger partial charge in [-0.2, -0.15) is 0 Å². The molecular weight excluding hydrogens is 242 g/mol. The average molecular weight is 257 g/mol. The SMILES string of the molecule is O=S1(=O)CCC(NS(=O)(=O)CCO)CC1. The Kier molecular flexibility index (Phi) is 4.10. The highest BCUT2D eigenvalue weighted by molar-refractivity contribution is 7.91. The molecule has 0 spiro atoms. The second-order valence-corrected chi connectivity index (χ2v) is 7.76. The van der Waals surface area contributed by atoms with Crippen LogP contribution in [-0.2, 0) is 19.9 Å². The number of rotatable bonds is 4. The van der Waals surface area contributed by atoms with Gasteiger partial charge in [0.15, 0.2) is 0 Å². The summed E-state index contributed by atoms with van der Waals surface area (Å²) >= 11 is 0. The molecule has 0 aromatic heterocycles. The van der Waals surface area contributed by atoms with E-state index in [1.807, 2.05) is 0 Å². The van der Waals surface area contributed by atoms with E-state index in [1.165, 1.54) is 0 Å². The number of sulfone groups is 1. The summed E-state index contributed by atoms with van der Waals surface area (Å²) < 4.78 is 47.0. The molecule has 0 amide bonds. The van der Waals surface area contributed by atoms with Crippen LogP contribution in [-0.4, -0.2) is 51.8 Å². The molecule has 0 atom stereocenters. The molecule has 2 N–H and O–H groups in total. The maximum atomic E-state index is 11.2. The van der Waals surface area contributed by atoms with Crippen LogP contribution in [0.1, 0.15) is 12.8 Å². The number of hydrogen-bond acceptors (Lipinski definition) is 5. The van der Waals surface area contributed by atoms with Crippen molar-refractivity contribution in [3.63, 3.8) is 0 Å². The number of aliphatic hydroxyl groups excluding tert-OH is 1. The van der Waals surface area contributed by atoms with E-state index >= 15 is 0 Å². The van der Waals surface area contributed by atoms with Crippen LogP contribution in [0.5, 0.6) is 0 Å². The van der Waals surface area contributed by atoms with Gasteiger partial charge in [-0.15, -0.1) is 0 Å². The molecule has 0 bridgehead atoms. The summed E-state index contributed by atoms with van der Waals surface area (Å²) in [5, 5.41) is 8.50. The number of sulfonamides is 1. The van der Waals surface area contributed by atoms with Crippen molar-refractivity contribution in [1.82, 2.24) is 4.72 Å². The molecule has 0 aromatic carbocycles. The first-order valence-electron chi connectivity index (χ1n) is 4.66. The standard InChI is InChI=1S/C7H15NO5S2/c9-3-6-15(12,13)8-7-1-4-14(10,11)5-2-7/h7-9H,1-6H2. The topological polar surface area (TPSA) is 101 Å². The van der Waals surface area contributed by atoms with Crippen LogP contribution in [0, 0.1) is 0 Å². The van der Waals surface area contributed by atoms with Gasteiger partial charge in [-0.05, 0) is 12.8 Å². The van der Waals surface area contributed by atoms with Crippen molar-refractivity contribution in [3.05, 3.63) is 0 Å². The molecule has 0 unspecified atom stereocenters. The van der Waals surface area contributed by atoms with E-state index in [2.05, 4.69) is 4.72 Å². The molecule has 8 heteroatoms. The van der Waals surface area contributed by atoms with Crippen LogP contribution in [0.2, 0.25) is 0 Å². The van der Waals surface area contributed by atoms with Crippen LogP contribution in [0.15, 0.2) is 0 Å². The summed E-state index contributed by atoms with van der Waals surface area (Å²) in [6.07, 6.45) is 0.625. The highest BCUT2D eigenvalue weighted by Crippen LogP contribution is 2.12. The molecule has 1 fully saturated rings. The molecule has 0 radical (unpaired) electrons. The third-order valence-corrected chi connectivity index (χ3v) is 5.39. The summed E-state index contributed by atoms with van der Waals surface area (Å²) in [5.41, 5.74) is 0. The van der Waals surface area contributed by atoms with E-state index in [0.717, 1.165) is 0 Å². The molecule has 1 heterocycles. The fraction of sp³-hybridized carbons (Fsp3) is 1.00. The Morgan fingerprint density at radius 3 is 2.27 bits per heavy atom. The van der Waals surface area contributed by atoms with Crippen molar-refractivity contribution in [1.29, 1.82) is 0 Å². The Morgan fingerprint density at radius 2 is 1.80 bits per heavy atom. The van der Waals surface area contributed by atoms with Crippen molar-refractivity contribution in [2.75, 3.05) is 23.9 Å². The van der Waals surface area contributed by atoms with Crippen molar-refractivity contribution in [2.24, 2.45) is 0 Å². The lowest BCUT2D eigenvalue weighted by Crippen LogP contribution is -2.42. The first-order valence-corrected chi connectivity index (χ1v) is 8.13. The smallest absolute Gasteiger partial charge is 0.214 e. The minimum absolute atomic E-state index is 0.0271. The minimum atomic E-state index is -3.46. The largest absolute Gasteiger partial charge is 0.395 e. The molecule has 1 aliphatic heterocycles. The lowest BCUT2D eigenvalue weighted by Gasteiger charge is -2.22. The molecule has 0 aliphatic carbocycles. The van der Waals surface area contributed by atoms with Crippen LogP contribution >= 0.6 is 0 Å². The molecule has 0 aromatic rings. The molecule has 15 heavy (non-hydrogen) atoms. The average Bonchev–Trinajstić information content (AvgIpc) is 2.08. The number of aliphatic hydroxyl groups is 1. The van der Waals surface area contributed by atoms with E-state index in [4.69, 9.17) is 5.11 Å². The van der Waals surface area contributed by atoms with E-state index in [1.54, 1.807) is 0 Å². The maximum Gasteiger partial charge on any atom is 0.214 e. The zero-order chi connectivity index (χ0) is 11.5. The van der Waals surface area contributed by atoms with Crippen LogP contribution < -0.4 is 4.72 Å². The third kappa shape index (κ3) is 4.45. The summed E-state index contributed by atoms with van der Waals surface area (Å²) in [7, 11) is -6.43. The Balaban J connectivity index is 2.49. The fourth-order valence-electron chi connectivity index (χ4n) is 1.44. The summed E-state index contributed by atoms with van der Waals surface area (Å²) in [4.78, 5) is 0. The number of hydrogen-bond donors (Lipinski definition) is 2. The second-order valence-electron chi connectivity index (χ2n) is 3.59. The molecule has 6 nitrogen and oxygen atoms in total. The minimum Gasteiger partial charge on any atom is -0.395 e. The van der Waals surface area contributed by atoms with E-state index in [-0.39, 0.29) is 23.3 Å². The van der Waals surface area contributed by atoms with Crippen LogP contribution in [0.3, 0.4) is 0 Å². The third-order valence-electron chi connectivity index (χ3n) is 2.26. The normalized spacial score (nSPS) is 22.7. The Morgan fingerprint density at radius 1 is 1.27 bits per heavy atom. The van der Waals surface area contributed by atoms with Gasteiger partial charge < -0.3 is 5.11 Å². The van der Waals surface area contributed by atoms with Gasteiger partial charge in [0.1, 0.15) is 9.84 Å². The van der Waals surface area contributed by atoms with Gasteiger partial charge in [-0.3, -0.25) is 0 Å². The fourth-order valence-corrected chi connectivity index (χ4v) is 4.03. The Labute approximate surface area is 89.7 Å². The van der Waals surface area contributed by atoms with Crippen LogP contribution in [0.25, 0.3) is 0 Å². The van der Waals surface area contributed by atoms with Gasteiger partial charge in [0.05, 0.1) is 23.9 Å². The predicted molar refractivity (Wildman–Crippen MR) is 55.7 cm³/mol. The molecule has 1 aliphatic rings. The first-order chi connectivity index (χ1) is 6.85. The molecule has 1 saturated heterocycles. The lowest BCUT2D eigenvalue weighted by atomic mass is 10.2. The van der Waals surface area contributed by atoms with Crippen molar-refractivity contribution < 1.29 is 21.9 Å². The van der Waals surface area contributed by atoms with E-state index in [9.17, 15) is 16.8 Å². The quantitative estimate of drug-likeness (QED) is 0.636. The van der Waals surface area contributed by atoms with Gasteiger partial charge in [0.2, 0.25) is 10.0 Å². The highest BCUT2D eigenvalue weighted by Gasteiger charge is 2.26. The van der Waals surface area contributed by atoms with Crippen LogP contribution in [0.4, 0.5) is 0 Å². The van der Waals surface area contributed by atoms with Gasteiger partial charge in [0, 0.05) is 6.04 Å². The molecular formula is C7H15NO5S2. The maximum absolute atomic E-state index is 11.2. The molecule has 90 valence electrons. The van der Waals surface area contributed by atoms with Gasteiger partial charge in [-0.1, -0.05) is 0 Å². The Bertz CT molecular complexity index is 385. The molecule has 1 rings (SSSR count). The second kappa shape index (κ2) is 4.77. The van der Waals surface area contributed by atoms with Crippen molar-refractivity contribution in [2.45, 2.75) is 18.9 Å². The van der Waals surface area contributed by atoms with Crippen molar-refractivity contribution in [3.8, 4) is 0 Å². The summed E-state index contributed by atoms with van der Waals surface area (Å²) in [6.45, 7) is -0.430. The predicted octanol–water partition coefficient (Wildman–Crippen LogP) is -1.52. The van der Waals surface area contributed by atoms with Gasteiger partial charge in [-0.25, -0.2) is 21.6 Å². The van der Waals surface area contributed by atoms with Crippen molar-refractivity contribution >= 4 is 19.9 Å². The summed E-state index contributed by atoms with van der Waals surface area (Å²) in [5.74, 6) is -0.283. The number of nitrogens with one attached hydrogen (secondary N) is 1. The van der Waals surface area contributed by atoms with Gasteiger partial charge in [0.25, 0.3) is 0 Å². The van der Waals surface area contributed by atoms with Gasteiger partial charge >= 0.3 is 0 Å². The monoisotopic (exact) mass is 257 g/mol.